The van der Waals surface area contributed by atoms with Crippen molar-refractivity contribution in [3.8, 4) is 0 Å². The molecule has 0 aliphatic heterocycles. The van der Waals surface area contributed by atoms with Crippen molar-refractivity contribution in [3.05, 3.63) is 48.4 Å². The Morgan fingerprint density at radius 1 is 1.17 bits per heavy atom. The van der Waals surface area contributed by atoms with Gasteiger partial charge in [0.15, 0.2) is 10.9 Å². The average Bonchev–Trinajstić information content (AvgIpc) is 2.81. The molecule has 0 spiro atoms. The number of thiocarbonyl (C=S) groups is 1. The maximum Gasteiger partial charge on any atom is 0.291 e. The number of carbonyl (C=O) groups is 1. The number of furan rings is 1. The fourth-order valence-corrected chi connectivity index (χ4v) is 1.54. The van der Waals surface area contributed by atoms with E-state index in [1.54, 1.807) is 36.4 Å². The van der Waals surface area contributed by atoms with E-state index in [9.17, 15) is 4.79 Å². The van der Waals surface area contributed by atoms with E-state index in [2.05, 4.69) is 10.6 Å². The second-order valence-electron chi connectivity index (χ2n) is 3.50. The van der Waals surface area contributed by atoms with Gasteiger partial charge in [-0.3, -0.25) is 4.79 Å². The molecule has 18 heavy (non-hydrogen) atoms. The number of amides is 1. The highest BCUT2D eigenvalue weighted by molar-refractivity contribution is 7.80. The van der Waals surface area contributed by atoms with Crippen LogP contribution >= 0.6 is 12.2 Å². The lowest BCUT2D eigenvalue weighted by Gasteiger charge is -2.07. The van der Waals surface area contributed by atoms with Crippen LogP contribution in [0.25, 0.3) is 0 Å². The van der Waals surface area contributed by atoms with Crippen LogP contribution in [0.5, 0.6) is 0 Å². The molecule has 6 heteroatoms. The highest BCUT2D eigenvalue weighted by Gasteiger charge is 2.08. The normalized spacial score (nSPS) is 9.78. The van der Waals surface area contributed by atoms with Crippen molar-refractivity contribution >= 4 is 34.6 Å². The van der Waals surface area contributed by atoms with Gasteiger partial charge in [0.2, 0.25) is 0 Å². The van der Waals surface area contributed by atoms with Gasteiger partial charge in [-0.15, -0.1) is 0 Å². The Morgan fingerprint density at radius 2 is 1.89 bits per heavy atom. The molecule has 4 N–H and O–H groups in total. The maximum absolute atomic E-state index is 11.7. The zero-order chi connectivity index (χ0) is 13.0. The van der Waals surface area contributed by atoms with E-state index in [0.717, 1.165) is 0 Å². The van der Waals surface area contributed by atoms with Gasteiger partial charge < -0.3 is 20.8 Å². The van der Waals surface area contributed by atoms with Gasteiger partial charge in [-0.2, -0.15) is 0 Å². The highest BCUT2D eigenvalue weighted by Crippen LogP contribution is 2.16. The summed E-state index contributed by atoms with van der Waals surface area (Å²) in [6, 6.07) is 10.3. The van der Waals surface area contributed by atoms with Gasteiger partial charge >= 0.3 is 0 Å². The molecule has 0 aliphatic carbocycles. The van der Waals surface area contributed by atoms with Crippen LogP contribution in [-0.2, 0) is 0 Å². The van der Waals surface area contributed by atoms with Gasteiger partial charge in [0.05, 0.1) is 6.26 Å². The van der Waals surface area contributed by atoms with E-state index in [-0.39, 0.29) is 16.8 Å². The Hall–Kier alpha value is -2.34. The van der Waals surface area contributed by atoms with Gasteiger partial charge in [-0.25, -0.2) is 0 Å². The van der Waals surface area contributed by atoms with E-state index in [1.165, 1.54) is 6.26 Å². The van der Waals surface area contributed by atoms with Crippen LogP contribution in [0.15, 0.2) is 47.1 Å². The summed E-state index contributed by atoms with van der Waals surface area (Å²) in [7, 11) is 0. The average molecular weight is 261 g/mol. The molecule has 92 valence electrons. The number of hydrogen-bond acceptors (Lipinski definition) is 3. The van der Waals surface area contributed by atoms with Gasteiger partial charge in [-0.1, -0.05) is 6.07 Å². The standard InChI is InChI=1S/C12H11N3O2S/c13-12(18)15-9-4-1-3-8(7-9)14-11(16)10-5-2-6-17-10/h1-7H,(H,14,16)(H3,13,15,18). The maximum atomic E-state index is 11.7. The van der Waals surface area contributed by atoms with Crippen molar-refractivity contribution in [1.29, 1.82) is 0 Å². The smallest absolute Gasteiger partial charge is 0.291 e. The lowest BCUT2D eigenvalue weighted by Crippen LogP contribution is -2.19. The SMILES string of the molecule is NC(=S)Nc1cccc(NC(=O)c2ccco2)c1. The van der Waals surface area contributed by atoms with Gasteiger partial charge in [-0.05, 0) is 42.5 Å². The molecule has 2 aromatic rings. The van der Waals surface area contributed by atoms with Gasteiger partial charge in [0.25, 0.3) is 5.91 Å². The number of nitrogens with one attached hydrogen (secondary N) is 2. The second kappa shape index (κ2) is 5.33. The summed E-state index contributed by atoms with van der Waals surface area (Å²) >= 11 is 4.74. The van der Waals surface area contributed by atoms with Crippen LogP contribution < -0.4 is 16.4 Å². The fraction of sp³-hybridized carbons (Fsp3) is 0. The number of carbonyl (C=O) groups excluding carboxylic acids is 1. The molecule has 1 aromatic carbocycles. The molecule has 0 radical (unpaired) electrons. The van der Waals surface area contributed by atoms with Crippen LogP contribution in [0.2, 0.25) is 0 Å². The zero-order valence-corrected chi connectivity index (χ0v) is 10.2. The molecule has 0 bridgehead atoms. The Bertz CT molecular complexity index is 566. The summed E-state index contributed by atoms with van der Waals surface area (Å²) in [5.41, 5.74) is 6.70. The summed E-state index contributed by atoms with van der Waals surface area (Å²) in [6.45, 7) is 0. The third-order valence-corrected chi connectivity index (χ3v) is 2.24. The van der Waals surface area contributed by atoms with Crippen LogP contribution in [0.4, 0.5) is 11.4 Å². The zero-order valence-electron chi connectivity index (χ0n) is 9.34. The summed E-state index contributed by atoms with van der Waals surface area (Å²) in [5.74, 6) is -0.0600. The molecule has 0 unspecified atom stereocenters. The van der Waals surface area contributed by atoms with Gasteiger partial charge in [0.1, 0.15) is 0 Å². The number of hydrogen-bond donors (Lipinski definition) is 3. The third kappa shape index (κ3) is 3.08. The Labute approximate surface area is 109 Å². The number of benzene rings is 1. The predicted molar refractivity (Wildman–Crippen MR) is 73.5 cm³/mol. The van der Waals surface area contributed by atoms with Gasteiger partial charge in [0, 0.05) is 11.4 Å². The van der Waals surface area contributed by atoms with Crippen LogP contribution in [0.1, 0.15) is 10.6 Å². The van der Waals surface area contributed by atoms with Crippen LogP contribution in [0.3, 0.4) is 0 Å². The molecule has 0 aliphatic rings. The van der Waals surface area contributed by atoms with Crippen molar-refractivity contribution in [1.82, 2.24) is 0 Å². The topological polar surface area (TPSA) is 80.3 Å². The van der Waals surface area contributed by atoms with Crippen molar-refractivity contribution < 1.29 is 9.21 Å². The number of anilines is 2. The second-order valence-corrected chi connectivity index (χ2v) is 3.94. The van der Waals surface area contributed by atoms with Crippen molar-refractivity contribution in [3.63, 3.8) is 0 Å². The minimum atomic E-state index is -0.313. The monoisotopic (exact) mass is 261 g/mol. The van der Waals surface area contributed by atoms with E-state index < -0.39 is 0 Å². The highest BCUT2D eigenvalue weighted by atomic mass is 32.1. The molecule has 2 rings (SSSR count). The molecule has 0 saturated carbocycles. The van der Waals surface area contributed by atoms with Crippen molar-refractivity contribution in [2.45, 2.75) is 0 Å². The summed E-state index contributed by atoms with van der Waals surface area (Å²) in [5, 5.41) is 5.66. The van der Waals surface area contributed by atoms with Crippen molar-refractivity contribution in [2.75, 3.05) is 10.6 Å². The number of rotatable bonds is 3. The molecular weight excluding hydrogens is 250 g/mol. The van der Waals surface area contributed by atoms with E-state index >= 15 is 0 Å². The fourth-order valence-electron chi connectivity index (χ4n) is 1.42. The molecule has 5 nitrogen and oxygen atoms in total. The molecule has 0 saturated heterocycles. The predicted octanol–water partition coefficient (Wildman–Crippen LogP) is 2.19. The minimum absolute atomic E-state index is 0.171. The van der Waals surface area contributed by atoms with E-state index in [0.29, 0.717) is 11.4 Å². The lowest BCUT2D eigenvalue weighted by molar-refractivity contribution is 0.0996. The largest absolute Gasteiger partial charge is 0.459 e. The molecular formula is C12H11N3O2S. The van der Waals surface area contributed by atoms with Crippen LogP contribution in [0, 0.1) is 0 Å². The van der Waals surface area contributed by atoms with E-state index in [1.807, 2.05) is 0 Å². The minimum Gasteiger partial charge on any atom is -0.459 e. The molecule has 1 heterocycles. The molecule has 0 fully saturated rings. The summed E-state index contributed by atoms with van der Waals surface area (Å²) in [6.07, 6.45) is 1.44. The Balaban J connectivity index is 2.10. The van der Waals surface area contributed by atoms with E-state index in [4.69, 9.17) is 22.4 Å². The Kier molecular flexibility index (Phi) is 3.59. The molecule has 1 aromatic heterocycles. The van der Waals surface area contributed by atoms with Crippen molar-refractivity contribution in [2.24, 2.45) is 5.73 Å². The first kappa shape index (κ1) is 12.1. The third-order valence-electron chi connectivity index (χ3n) is 2.13. The first-order chi connectivity index (χ1) is 8.65. The lowest BCUT2D eigenvalue weighted by atomic mass is 10.2. The molecule has 1 amide bonds. The summed E-state index contributed by atoms with van der Waals surface area (Å²) < 4.78 is 4.99. The van der Waals surface area contributed by atoms with Crippen LogP contribution in [-0.4, -0.2) is 11.0 Å². The first-order valence-corrected chi connectivity index (χ1v) is 5.57. The molecule has 0 atom stereocenters. The number of nitrogens with two attached hydrogens (primary N) is 1. The first-order valence-electron chi connectivity index (χ1n) is 5.16. The quantitative estimate of drug-likeness (QED) is 0.738. The Morgan fingerprint density at radius 3 is 2.50 bits per heavy atom. The summed E-state index contributed by atoms with van der Waals surface area (Å²) in [4.78, 5) is 11.7.